The minimum atomic E-state index is -0.942. The number of hydrogen-bond acceptors (Lipinski definition) is 3. The van der Waals surface area contributed by atoms with Gasteiger partial charge in [-0.15, -0.1) is 0 Å². The molecule has 0 fully saturated rings. The van der Waals surface area contributed by atoms with Crippen LogP contribution in [-0.4, -0.2) is 28.5 Å². The number of aliphatic hydroxyl groups excluding tert-OH is 1. The number of benzene rings is 1. The van der Waals surface area contributed by atoms with Crippen molar-refractivity contribution >= 4 is 23.8 Å². The Morgan fingerprint density at radius 2 is 2.00 bits per heavy atom. The average Bonchev–Trinajstić information content (AvgIpc) is 2.28. The summed E-state index contributed by atoms with van der Waals surface area (Å²) >= 11 is 1.67. The monoisotopic (exact) mass is 238 g/mol. The van der Waals surface area contributed by atoms with Crippen molar-refractivity contribution in [1.82, 2.24) is 0 Å². The first kappa shape index (κ1) is 12.8. The summed E-state index contributed by atoms with van der Waals surface area (Å²) in [5.41, 5.74) is 2.05. The van der Waals surface area contributed by atoms with E-state index in [0.717, 1.165) is 23.1 Å². The van der Waals surface area contributed by atoms with Gasteiger partial charge in [0.25, 0.3) is 0 Å². The lowest BCUT2D eigenvalue weighted by Crippen LogP contribution is -1.88. The molecule has 0 aromatic heterocycles. The van der Waals surface area contributed by atoms with Crippen molar-refractivity contribution in [2.45, 2.75) is 5.75 Å². The predicted octanol–water partition coefficient (Wildman–Crippen LogP) is 2.01. The summed E-state index contributed by atoms with van der Waals surface area (Å²) < 4.78 is 0. The summed E-state index contributed by atoms with van der Waals surface area (Å²) in [6.07, 6.45) is 2.68. The summed E-state index contributed by atoms with van der Waals surface area (Å²) in [6.45, 7) is 0.199. The Labute approximate surface area is 98.8 Å². The molecule has 16 heavy (non-hydrogen) atoms. The lowest BCUT2D eigenvalue weighted by atomic mass is 10.1. The molecule has 1 aromatic rings. The Balaban J connectivity index is 2.51. The van der Waals surface area contributed by atoms with E-state index in [4.69, 9.17) is 10.2 Å². The van der Waals surface area contributed by atoms with Crippen LogP contribution in [0.5, 0.6) is 0 Å². The van der Waals surface area contributed by atoms with Gasteiger partial charge >= 0.3 is 5.97 Å². The van der Waals surface area contributed by atoms with Crippen LogP contribution in [0.4, 0.5) is 0 Å². The van der Waals surface area contributed by atoms with E-state index in [1.165, 1.54) is 5.56 Å². The maximum atomic E-state index is 10.3. The second-order valence-corrected chi connectivity index (χ2v) is 4.29. The maximum absolute atomic E-state index is 10.3. The minimum Gasteiger partial charge on any atom is -0.478 e. The number of aliphatic carboxylic acids is 1. The van der Waals surface area contributed by atoms with Crippen LogP contribution >= 0.6 is 11.8 Å². The standard InChI is InChI=1S/C12H14O3S/c13-7-8-16-9-11-3-1-10(2-4-11)5-6-12(14)15/h1-6,13H,7-9H2,(H,14,15)/b6-5+. The molecule has 4 heteroatoms. The molecule has 86 valence electrons. The third-order valence-corrected chi connectivity index (χ3v) is 2.91. The molecule has 0 bridgehead atoms. The molecule has 3 nitrogen and oxygen atoms in total. The zero-order valence-electron chi connectivity index (χ0n) is 8.80. The van der Waals surface area contributed by atoms with E-state index in [-0.39, 0.29) is 6.61 Å². The number of carboxylic acid groups (broad SMARTS) is 1. The topological polar surface area (TPSA) is 57.5 Å². The van der Waals surface area contributed by atoms with Gasteiger partial charge in [0.05, 0.1) is 6.61 Å². The molecule has 0 spiro atoms. The van der Waals surface area contributed by atoms with E-state index in [1.807, 2.05) is 24.3 Å². The molecule has 2 N–H and O–H groups in total. The van der Waals surface area contributed by atoms with Crippen molar-refractivity contribution in [3.05, 3.63) is 41.5 Å². The fourth-order valence-corrected chi connectivity index (χ4v) is 1.85. The van der Waals surface area contributed by atoms with Crippen LogP contribution < -0.4 is 0 Å². The maximum Gasteiger partial charge on any atom is 0.328 e. The number of carboxylic acids is 1. The number of thioether (sulfide) groups is 1. The molecule has 0 amide bonds. The van der Waals surface area contributed by atoms with Crippen LogP contribution in [0.2, 0.25) is 0 Å². The number of hydrogen-bond donors (Lipinski definition) is 2. The lowest BCUT2D eigenvalue weighted by Gasteiger charge is -2.00. The van der Waals surface area contributed by atoms with Gasteiger partial charge in [-0.1, -0.05) is 24.3 Å². The quantitative estimate of drug-likeness (QED) is 0.588. The molecule has 1 aromatic carbocycles. The van der Waals surface area contributed by atoms with E-state index in [2.05, 4.69) is 0 Å². The van der Waals surface area contributed by atoms with Gasteiger partial charge in [0.15, 0.2) is 0 Å². The highest BCUT2D eigenvalue weighted by Gasteiger charge is 1.94. The van der Waals surface area contributed by atoms with Gasteiger partial charge in [-0.25, -0.2) is 4.79 Å². The smallest absolute Gasteiger partial charge is 0.328 e. The van der Waals surface area contributed by atoms with Crippen molar-refractivity contribution < 1.29 is 15.0 Å². The van der Waals surface area contributed by atoms with Crippen molar-refractivity contribution in [3.63, 3.8) is 0 Å². The summed E-state index contributed by atoms with van der Waals surface area (Å²) in [5, 5.41) is 17.1. The number of rotatable bonds is 6. The molecule has 1 rings (SSSR count). The molecule has 0 aliphatic heterocycles. The highest BCUT2D eigenvalue weighted by atomic mass is 32.2. The van der Waals surface area contributed by atoms with Crippen LogP contribution in [0, 0.1) is 0 Å². The van der Waals surface area contributed by atoms with E-state index in [9.17, 15) is 4.79 Å². The van der Waals surface area contributed by atoms with E-state index < -0.39 is 5.97 Å². The normalized spacial score (nSPS) is 10.8. The highest BCUT2D eigenvalue weighted by molar-refractivity contribution is 7.98. The largest absolute Gasteiger partial charge is 0.478 e. The Morgan fingerprint density at radius 1 is 1.31 bits per heavy atom. The number of carbonyl (C=O) groups is 1. The van der Waals surface area contributed by atoms with Gasteiger partial charge in [-0.3, -0.25) is 0 Å². The van der Waals surface area contributed by atoms with Crippen molar-refractivity contribution in [2.75, 3.05) is 12.4 Å². The molecule has 0 atom stereocenters. The van der Waals surface area contributed by atoms with Crippen LogP contribution in [0.3, 0.4) is 0 Å². The van der Waals surface area contributed by atoms with Crippen molar-refractivity contribution in [1.29, 1.82) is 0 Å². The minimum absolute atomic E-state index is 0.199. The lowest BCUT2D eigenvalue weighted by molar-refractivity contribution is -0.131. The van der Waals surface area contributed by atoms with Gasteiger partial charge < -0.3 is 10.2 Å². The Kier molecular flexibility index (Phi) is 5.67. The Bertz CT molecular complexity index is 357. The Morgan fingerprint density at radius 3 is 2.56 bits per heavy atom. The molecule has 0 saturated carbocycles. The summed E-state index contributed by atoms with van der Waals surface area (Å²) in [5.74, 6) is 0.659. The fraction of sp³-hybridized carbons (Fsp3) is 0.250. The van der Waals surface area contributed by atoms with Crippen LogP contribution in [0.25, 0.3) is 6.08 Å². The van der Waals surface area contributed by atoms with Gasteiger partial charge in [-0.05, 0) is 17.2 Å². The van der Waals surface area contributed by atoms with Crippen molar-refractivity contribution in [3.8, 4) is 0 Å². The molecule has 0 unspecified atom stereocenters. The SMILES string of the molecule is O=C(O)/C=C/c1ccc(CSCCO)cc1. The first-order chi connectivity index (χ1) is 7.72. The first-order valence-corrected chi connectivity index (χ1v) is 6.06. The van der Waals surface area contributed by atoms with E-state index in [1.54, 1.807) is 17.8 Å². The summed E-state index contributed by atoms with van der Waals surface area (Å²) in [7, 11) is 0. The number of aliphatic hydroxyl groups is 1. The molecule has 0 saturated heterocycles. The molecule has 0 heterocycles. The van der Waals surface area contributed by atoms with Gasteiger partial charge in [0, 0.05) is 17.6 Å². The van der Waals surface area contributed by atoms with Gasteiger partial charge in [0.2, 0.25) is 0 Å². The summed E-state index contributed by atoms with van der Waals surface area (Å²) in [6, 6.07) is 7.69. The summed E-state index contributed by atoms with van der Waals surface area (Å²) in [4.78, 5) is 10.3. The second-order valence-electron chi connectivity index (χ2n) is 3.19. The molecular formula is C12H14O3S. The van der Waals surface area contributed by atoms with Gasteiger partial charge in [-0.2, -0.15) is 11.8 Å². The third kappa shape index (κ3) is 5.00. The van der Waals surface area contributed by atoms with Crippen molar-refractivity contribution in [2.24, 2.45) is 0 Å². The Hall–Kier alpha value is -1.26. The molecule has 0 radical (unpaired) electrons. The van der Waals surface area contributed by atoms with E-state index in [0.29, 0.717) is 0 Å². The molecule has 0 aliphatic rings. The fourth-order valence-electron chi connectivity index (χ4n) is 1.15. The van der Waals surface area contributed by atoms with Crippen LogP contribution in [-0.2, 0) is 10.5 Å². The highest BCUT2D eigenvalue weighted by Crippen LogP contribution is 2.13. The average molecular weight is 238 g/mol. The molecular weight excluding hydrogens is 224 g/mol. The zero-order chi connectivity index (χ0) is 11.8. The second kappa shape index (κ2) is 7.09. The van der Waals surface area contributed by atoms with Gasteiger partial charge in [0.1, 0.15) is 0 Å². The third-order valence-electron chi connectivity index (χ3n) is 1.90. The van der Waals surface area contributed by atoms with E-state index >= 15 is 0 Å². The zero-order valence-corrected chi connectivity index (χ0v) is 9.61. The van der Waals surface area contributed by atoms with Crippen LogP contribution in [0.15, 0.2) is 30.3 Å². The predicted molar refractivity (Wildman–Crippen MR) is 66.4 cm³/mol. The van der Waals surface area contributed by atoms with Crippen LogP contribution in [0.1, 0.15) is 11.1 Å². The first-order valence-electron chi connectivity index (χ1n) is 4.91. The molecule has 0 aliphatic carbocycles.